The second-order valence-electron chi connectivity index (χ2n) is 4.81. The molecular weight excluding hydrogens is 242 g/mol. The molecule has 0 aliphatic heterocycles. The zero-order valence-corrected chi connectivity index (χ0v) is 12.3. The van der Waals surface area contributed by atoms with Crippen molar-refractivity contribution in [2.24, 2.45) is 11.7 Å². The number of hydrogen-bond acceptors (Lipinski definition) is 3. The van der Waals surface area contributed by atoms with E-state index in [0.717, 1.165) is 30.3 Å². The van der Waals surface area contributed by atoms with Crippen LogP contribution in [0.5, 0.6) is 5.75 Å². The van der Waals surface area contributed by atoms with Crippen LogP contribution in [0.3, 0.4) is 0 Å². The minimum absolute atomic E-state index is 0.541. The molecule has 1 aromatic carbocycles. The molecule has 2 nitrogen and oxygen atoms in total. The fourth-order valence-electron chi connectivity index (χ4n) is 1.58. The van der Waals surface area contributed by atoms with Gasteiger partial charge in [0.2, 0.25) is 0 Å². The molecule has 0 unspecified atom stereocenters. The summed E-state index contributed by atoms with van der Waals surface area (Å²) >= 11 is 2.02. The van der Waals surface area contributed by atoms with Crippen molar-refractivity contribution >= 4 is 11.8 Å². The van der Waals surface area contributed by atoms with Gasteiger partial charge >= 0.3 is 0 Å². The third-order valence-electron chi connectivity index (χ3n) is 2.72. The van der Waals surface area contributed by atoms with Gasteiger partial charge in [-0.15, -0.1) is 0 Å². The van der Waals surface area contributed by atoms with Gasteiger partial charge in [0, 0.05) is 12.1 Å². The molecule has 0 spiro atoms. The molecule has 1 rings (SSSR count). The summed E-state index contributed by atoms with van der Waals surface area (Å²) < 4.78 is 5.76. The Bertz CT molecular complexity index is 328. The van der Waals surface area contributed by atoms with E-state index in [2.05, 4.69) is 13.8 Å². The first-order chi connectivity index (χ1) is 8.74. The highest BCUT2D eigenvalue weighted by Gasteiger charge is 2.00. The maximum absolute atomic E-state index is 5.76. The summed E-state index contributed by atoms with van der Waals surface area (Å²) in [6.07, 6.45) is 2.41. The van der Waals surface area contributed by atoms with E-state index in [0.29, 0.717) is 6.54 Å². The smallest absolute Gasteiger partial charge is 0.123 e. The average molecular weight is 267 g/mol. The maximum atomic E-state index is 5.76. The van der Waals surface area contributed by atoms with Crippen LogP contribution in [0.1, 0.15) is 32.3 Å². The Morgan fingerprint density at radius 2 is 2.00 bits per heavy atom. The van der Waals surface area contributed by atoms with E-state index >= 15 is 0 Å². The minimum atomic E-state index is 0.541. The molecule has 1 aromatic rings. The predicted octanol–water partition coefficient (Wildman–Crippen LogP) is 3.69. The summed E-state index contributed by atoms with van der Waals surface area (Å²) in [4.78, 5) is 0. The lowest BCUT2D eigenvalue weighted by molar-refractivity contribution is 0.315. The zero-order valence-electron chi connectivity index (χ0n) is 11.5. The predicted molar refractivity (Wildman–Crippen MR) is 81.2 cm³/mol. The quantitative estimate of drug-likeness (QED) is 0.693. The summed E-state index contributed by atoms with van der Waals surface area (Å²) in [6, 6.07) is 8.00. The molecule has 0 bridgehead atoms. The van der Waals surface area contributed by atoms with Gasteiger partial charge in [0.1, 0.15) is 5.75 Å². The fraction of sp³-hybridized carbons (Fsp3) is 0.600. The Kier molecular flexibility index (Phi) is 7.94. The SMILES string of the molecule is CC(C)CCSCCCOc1ccccc1CN. The van der Waals surface area contributed by atoms with Crippen LogP contribution in [0, 0.1) is 5.92 Å². The molecule has 0 aromatic heterocycles. The van der Waals surface area contributed by atoms with E-state index in [-0.39, 0.29) is 0 Å². The van der Waals surface area contributed by atoms with Crippen LogP contribution in [0.2, 0.25) is 0 Å². The summed E-state index contributed by atoms with van der Waals surface area (Å²) in [5.74, 6) is 4.19. The Labute approximate surface area is 115 Å². The van der Waals surface area contributed by atoms with Gasteiger partial charge in [-0.05, 0) is 36.3 Å². The summed E-state index contributed by atoms with van der Waals surface area (Å²) in [5.41, 5.74) is 6.75. The maximum Gasteiger partial charge on any atom is 0.123 e. The van der Waals surface area contributed by atoms with E-state index in [9.17, 15) is 0 Å². The summed E-state index contributed by atoms with van der Waals surface area (Å²) in [6.45, 7) is 5.87. The first-order valence-corrected chi connectivity index (χ1v) is 7.88. The van der Waals surface area contributed by atoms with Gasteiger partial charge in [0.05, 0.1) is 6.61 Å². The normalized spacial score (nSPS) is 10.9. The number of benzene rings is 1. The van der Waals surface area contributed by atoms with Crippen LogP contribution < -0.4 is 10.5 Å². The molecule has 0 fully saturated rings. The van der Waals surface area contributed by atoms with Crippen LogP contribution in [0.4, 0.5) is 0 Å². The van der Waals surface area contributed by atoms with Crippen LogP contribution in [-0.2, 0) is 6.54 Å². The van der Waals surface area contributed by atoms with Crippen molar-refractivity contribution < 1.29 is 4.74 Å². The Hall–Kier alpha value is -0.670. The third-order valence-corrected chi connectivity index (χ3v) is 3.82. The molecule has 0 radical (unpaired) electrons. The van der Waals surface area contributed by atoms with E-state index in [1.807, 2.05) is 36.0 Å². The molecule has 0 saturated carbocycles. The largest absolute Gasteiger partial charge is 0.493 e. The van der Waals surface area contributed by atoms with Gasteiger partial charge in [-0.25, -0.2) is 0 Å². The number of para-hydroxylation sites is 1. The van der Waals surface area contributed by atoms with Crippen LogP contribution in [0.25, 0.3) is 0 Å². The highest BCUT2D eigenvalue weighted by Crippen LogP contribution is 2.17. The van der Waals surface area contributed by atoms with Crippen LogP contribution in [0.15, 0.2) is 24.3 Å². The van der Waals surface area contributed by atoms with Gasteiger partial charge in [-0.2, -0.15) is 11.8 Å². The monoisotopic (exact) mass is 267 g/mol. The molecule has 18 heavy (non-hydrogen) atoms. The van der Waals surface area contributed by atoms with Crippen molar-refractivity contribution in [1.29, 1.82) is 0 Å². The lowest BCUT2D eigenvalue weighted by Crippen LogP contribution is -2.04. The number of thioether (sulfide) groups is 1. The molecule has 0 aliphatic carbocycles. The standard InChI is InChI=1S/C15H25NOS/c1-13(2)8-11-18-10-5-9-17-15-7-4-3-6-14(15)12-16/h3-4,6-7,13H,5,8-12,16H2,1-2H3. The van der Waals surface area contributed by atoms with Crippen molar-refractivity contribution in [3.8, 4) is 5.75 Å². The first kappa shape index (κ1) is 15.4. The number of hydrogen-bond donors (Lipinski definition) is 1. The molecule has 3 heteroatoms. The van der Waals surface area contributed by atoms with E-state index in [4.69, 9.17) is 10.5 Å². The van der Waals surface area contributed by atoms with Crippen molar-refractivity contribution in [2.45, 2.75) is 33.2 Å². The number of nitrogens with two attached hydrogens (primary N) is 1. The molecule has 0 aliphatic rings. The molecular formula is C15H25NOS. The third kappa shape index (κ3) is 6.31. The minimum Gasteiger partial charge on any atom is -0.493 e. The van der Waals surface area contributed by atoms with Crippen molar-refractivity contribution in [1.82, 2.24) is 0 Å². The summed E-state index contributed by atoms with van der Waals surface area (Å²) in [7, 11) is 0. The first-order valence-electron chi connectivity index (χ1n) is 6.72. The molecule has 102 valence electrons. The second-order valence-corrected chi connectivity index (χ2v) is 6.03. The molecule has 2 N–H and O–H groups in total. The van der Waals surface area contributed by atoms with E-state index in [1.54, 1.807) is 0 Å². The Morgan fingerprint density at radius 3 is 2.72 bits per heavy atom. The van der Waals surface area contributed by atoms with Crippen molar-refractivity contribution in [3.05, 3.63) is 29.8 Å². The van der Waals surface area contributed by atoms with E-state index < -0.39 is 0 Å². The number of ether oxygens (including phenoxy) is 1. The topological polar surface area (TPSA) is 35.2 Å². The molecule has 0 atom stereocenters. The molecule has 0 saturated heterocycles. The van der Waals surface area contributed by atoms with Crippen molar-refractivity contribution in [2.75, 3.05) is 18.1 Å². The van der Waals surface area contributed by atoms with Gasteiger partial charge in [-0.1, -0.05) is 32.0 Å². The lowest BCUT2D eigenvalue weighted by Gasteiger charge is -2.10. The van der Waals surface area contributed by atoms with Crippen LogP contribution in [-0.4, -0.2) is 18.1 Å². The highest BCUT2D eigenvalue weighted by molar-refractivity contribution is 7.99. The summed E-state index contributed by atoms with van der Waals surface area (Å²) in [5, 5.41) is 0. The van der Waals surface area contributed by atoms with Gasteiger partial charge in [0.25, 0.3) is 0 Å². The van der Waals surface area contributed by atoms with E-state index in [1.165, 1.54) is 17.9 Å². The Morgan fingerprint density at radius 1 is 1.22 bits per heavy atom. The lowest BCUT2D eigenvalue weighted by atomic mass is 10.2. The second kappa shape index (κ2) is 9.29. The number of rotatable bonds is 9. The zero-order chi connectivity index (χ0) is 13.2. The van der Waals surface area contributed by atoms with Gasteiger partial charge in [-0.3, -0.25) is 0 Å². The highest BCUT2D eigenvalue weighted by atomic mass is 32.2. The molecule has 0 heterocycles. The fourth-order valence-corrected chi connectivity index (χ4v) is 2.74. The molecule has 0 amide bonds. The van der Waals surface area contributed by atoms with Gasteiger partial charge < -0.3 is 10.5 Å². The van der Waals surface area contributed by atoms with Crippen molar-refractivity contribution in [3.63, 3.8) is 0 Å². The Balaban J connectivity index is 2.10. The van der Waals surface area contributed by atoms with Crippen LogP contribution >= 0.6 is 11.8 Å². The average Bonchev–Trinajstić information content (AvgIpc) is 2.37. The van der Waals surface area contributed by atoms with Gasteiger partial charge in [0.15, 0.2) is 0 Å².